The number of rotatable bonds is 8. The fourth-order valence-corrected chi connectivity index (χ4v) is 5.02. The summed E-state index contributed by atoms with van der Waals surface area (Å²) in [4.78, 5) is 42.5. The Hall–Kier alpha value is -4.85. The highest BCUT2D eigenvalue weighted by Gasteiger charge is 2.40. The van der Waals surface area contributed by atoms with Crippen molar-refractivity contribution in [2.24, 2.45) is 0 Å². The summed E-state index contributed by atoms with van der Waals surface area (Å²) < 4.78 is 7.66. The maximum absolute atomic E-state index is 14.1. The Kier molecular flexibility index (Phi) is 7.68. The van der Waals surface area contributed by atoms with Crippen molar-refractivity contribution in [3.8, 4) is 5.75 Å². The van der Waals surface area contributed by atoms with E-state index in [4.69, 9.17) is 4.74 Å². The smallest absolute Gasteiger partial charge is 0.278 e. The van der Waals surface area contributed by atoms with E-state index in [-0.39, 0.29) is 48.4 Å². The van der Waals surface area contributed by atoms with Crippen molar-refractivity contribution >= 4 is 11.8 Å². The van der Waals surface area contributed by atoms with Crippen LogP contribution in [-0.4, -0.2) is 41.1 Å². The highest BCUT2D eigenvalue weighted by atomic mass is 16.5. The van der Waals surface area contributed by atoms with E-state index < -0.39 is 11.3 Å². The van der Waals surface area contributed by atoms with E-state index in [0.29, 0.717) is 0 Å². The SMILES string of the molecule is CNC(=O)c1cc(=O)c(OCc2ccccc2)c2n1N(C(c1ccccc1)c1ccccc1)CN(C(C)C)C2=O. The average molecular weight is 537 g/mol. The second-order valence-electron chi connectivity index (χ2n) is 9.91. The first-order chi connectivity index (χ1) is 19.4. The molecule has 1 aliphatic heterocycles. The number of hydrogen-bond acceptors (Lipinski definition) is 5. The molecule has 8 heteroatoms. The van der Waals surface area contributed by atoms with Crippen LogP contribution in [0.5, 0.6) is 5.75 Å². The summed E-state index contributed by atoms with van der Waals surface area (Å²) in [5.41, 5.74) is 2.33. The number of hydrogen-bond donors (Lipinski definition) is 1. The van der Waals surface area contributed by atoms with Gasteiger partial charge in [0.25, 0.3) is 11.8 Å². The minimum Gasteiger partial charge on any atom is -0.482 e. The molecule has 5 rings (SSSR count). The lowest BCUT2D eigenvalue weighted by molar-refractivity contribution is 0.0614. The van der Waals surface area contributed by atoms with Gasteiger partial charge in [-0.2, -0.15) is 0 Å². The first kappa shape index (κ1) is 26.7. The first-order valence-corrected chi connectivity index (χ1v) is 13.3. The summed E-state index contributed by atoms with van der Waals surface area (Å²) in [6.45, 7) is 4.13. The van der Waals surface area contributed by atoms with Crippen LogP contribution in [0.1, 0.15) is 57.6 Å². The van der Waals surface area contributed by atoms with E-state index in [2.05, 4.69) is 5.32 Å². The number of aromatic nitrogens is 1. The van der Waals surface area contributed by atoms with Gasteiger partial charge in [0, 0.05) is 19.2 Å². The molecule has 2 heterocycles. The van der Waals surface area contributed by atoms with Crippen molar-refractivity contribution < 1.29 is 14.3 Å². The highest BCUT2D eigenvalue weighted by Crippen LogP contribution is 2.34. The number of carbonyl (C=O) groups excluding carboxylic acids is 2. The molecular formula is C32H32N4O4. The van der Waals surface area contributed by atoms with Crippen LogP contribution in [0.3, 0.4) is 0 Å². The highest BCUT2D eigenvalue weighted by molar-refractivity contribution is 6.00. The Morgan fingerprint density at radius 2 is 1.43 bits per heavy atom. The predicted octanol–water partition coefficient (Wildman–Crippen LogP) is 4.34. The topological polar surface area (TPSA) is 83.9 Å². The van der Waals surface area contributed by atoms with Gasteiger partial charge in [0.05, 0.1) is 6.04 Å². The minimum atomic E-state index is -0.532. The Labute approximate surface area is 233 Å². The molecule has 204 valence electrons. The molecule has 3 aromatic carbocycles. The molecule has 0 saturated heterocycles. The molecule has 0 bridgehead atoms. The van der Waals surface area contributed by atoms with Gasteiger partial charge in [-0.05, 0) is 30.5 Å². The van der Waals surface area contributed by atoms with Crippen molar-refractivity contribution in [1.82, 2.24) is 14.9 Å². The Morgan fingerprint density at radius 1 is 0.875 bits per heavy atom. The summed E-state index contributed by atoms with van der Waals surface area (Å²) >= 11 is 0. The van der Waals surface area contributed by atoms with E-state index >= 15 is 0 Å². The molecule has 1 aliphatic rings. The zero-order chi connectivity index (χ0) is 28.2. The van der Waals surface area contributed by atoms with Crippen LogP contribution in [0.2, 0.25) is 0 Å². The predicted molar refractivity (Wildman–Crippen MR) is 154 cm³/mol. The van der Waals surface area contributed by atoms with Gasteiger partial charge < -0.3 is 15.0 Å². The van der Waals surface area contributed by atoms with Crippen molar-refractivity contribution in [1.29, 1.82) is 0 Å². The van der Waals surface area contributed by atoms with Crippen molar-refractivity contribution in [2.45, 2.75) is 32.5 Å². The van der Waals surface area contributed by atoms with Gasteiger partial charge in [-0.15, -0.1) is 0 Å². The lowest BCUT2D eigenvalue weighted by Gasteiger charge is -2.46. The van der Waals surface area contributed by atoms with Crippen LogP contribution in [0.15, 0.2) is 102 Å². The van der Waals surface area contributed by atoms with Crippen LogP contribution in [0.25, 0.3) is 0 Å². The molecule has 1 N–H and O–H groups in total. The van der Waals surface area contributed by atoms with Crippen LogP contribution in [0, 0.1) is 0 Å². The summed E-state index contributed by atoms with van der Waals surface area (Å²) in [5, 5.41) is 4.59. The van der Waals surface area contributed by atoms with Gasteiger partial charge in [0.15, 0.2) is 11.4 Å². The number of nitrogens with zero attached hydrogens (tertiary/aromatic N) is 3. The average Bonchev–Trinajstić information content (AvgIpc) is 2.98. The summed E-state index contributed by atoms with van der Waals surface area (Å²) in [5.74, 6) is -0.947. The third-order valence-corrected chi connectivity index (χ3v) is 7.00. The lowest BCUT2D eigenvalue weighted by atomic mass is 9.97. The van der Waals surface area contributed by atoms with Gasteiger partial charge in [-0.25, -0.2) is 4.68 Å². The molecule has 0 radical (unpaired) electrons. The number of amides is 2. The number of pyridine rings is 1. The molecule has 8 nitrogen and oxygen atoms in total. The Morgan fingerprint density at radius 3 is 1.95 bits per heavy atom. The van der Waals surface area contributed by atoms with Crippen molar-refractivity contribution in [3.63, 3.8) is 0 Å². The van der Waals surface area contributed by atoms with Gasteiger partial charge >= 0.3 is 0 Å². The number of fused-ring (bicyclic) bond motifs is 1. The van der Waals surface area contributed by atoms with Gasteiger partial charge in [-0.3, -0.25) is 19.4 Å². The normalized spacial score (nSPS) is 13.0. The van der Waals surface area contributed by atoms with Crippen LogP contribution < -0.4 is 20.5 Å². The van der Waals surface area contributed by atoms with Gasteiger partial charge in [0.2, 0.25) is 5.43 Å². The maximum atomic E-state index is 14.1. The fraction of sp³-hybridized carbons (Fsp3) is 0.219. The zero-order valence-corrected chi connectivity index (χ0v) is 22.8. The summed E-state index contributed by atoms with van der Waals surface area (Å²) in [7, 11) is 1.50. The number of benzene rings is 3. The monoisotopic (exact) mass is 536 g/mol. The number of nitrogens with one attached hydrogen (secondary N) is 1. The second kappa shape index (κ2) is 11.5. The van der Waals surface area contributed by atoms with E-state index in [1.807, 2.05) is 110 Å². The van der Waals surface area contributed by atoms with Gasteiger partial charge in [-0.1, -0.05) is 91.0 Å². The van der Waals surface area contributed by atoms with Crippen LogP contribution in [-0.2, 0) is 6.61 Å². The van der Waals surface area contributed by atoms with E-state index in [0.717, 1.165) is 16.7 Å². The van der Waals surface area contributed by atoms with Crippen LogP contribution in [0.4, 0.5) is 0 Å². The zero-order valence-electron chi connectivity index (χ0n) is 22.8. The molecule has 0 atom stereocenters. The minimum absolute atomic E-state index is 0.0267. The second-order valence-corrected chi connectivity index (χ2v) is 9.91. The number of carbonyl (C=O) groups is 2. The maximum Gasteiger partial charge on any atom is 0.278 e. The first-order valence-electron chi connectivity index (χ1n) is 13.3. The molecule has 0 aliphatic carbocycles. The summed E-state index contributed by atoms with van der Waals surface area (Å²) in [6.07, 6.45) is 0. The summed E-state index contributed by atoms with van der Waals surface area (Å²) in [6, 6.07) is 29.9. The van der Waals surface area contributed by atoms with Gasteiger partial charge in [0.1, 0.15) is 19.0 Å². The molecule has 40 heavy (non-hydrogen) atoms. The van der Waals surface area contributed by atoms with Crippen molar-refractivity contribution in [3.05, 3.63) is 135 Å². The lowest BCUT2D eigenvalue weighted by Crippen LogP contribution is -2.58. The fourth-order valence-electron chi connectivity index (χ4n) is 5.02. The van der Waals surface area contributed by atoms with E-state index in [1.54, 1.807) is 9.58 Å². The molecule has 2 amide bonds. The largest absolute Gasteiger partial charge is 0.482 e. The molecule has 0 unspecified atom stereocenters. The molecular weight excluding hydrogens is 504 g/mol. The Bertz CT molecular complexity index is 1510. The third kappa shape index (κ3) is 5.08. The van der Waals surface area contributed by atoms with Crippen LogP contribution >= 0.6 is 0 Å². The molecule has 4 aromatic rings. The Balaban J connectivity index is 1.78. The van der Waals surface area contributed by atoms with E-state index in [9.17, 15) is 14.4 Å². The molecule has 1 aromatic heterocycles. The molecule has 0 spiro atoms. The van der Waals surface area contributed by atoms with E-state index in [1.165, 1.54) is 13.1 Å². The quantitative estimate of drug-likeness (QED) is 0.362. The standard InChI is InChI=1S/C32H32N4O4/c1-22(2)34-21-35(28(24-15-9-5-10-16-24)25-17-11-6-12-18-25)36-26(31(38)33-3)19-27(37)30(29(36)32(34)39)40-20-23-13-7-4-8-14-23/h4-19,22,28H,20-21H2,1-3H3,(H,33,38). The third-order valence-electron chi connectivity index (χ3n) is 7.00. The number of ether oxygens (including phenoxy) is 1. The molecule has 0 fully saturated rings. The molecule has 0 saturated carbocycles. The van der Waals surface area contributed by atoms with Crippen molar-refractivity contribution in [2.75, 3.05) is 18.7 Å².